The summed E-state index contributed by atoms with van der Waals surface area (Å²) in [6.07, 6.45) is 3.58. The van der Waals surface area contributed by atoms with E-state index in [0.29, 0.717) is 24.9 Å². The van der Waals surface area contributed by atoms with E-state index in [2.05, 4.69) is 10.3 Å². The number of non-ortho nitro benzene ring substituents is 1. The molecule has 1 aromatic carbocycles. The number of amides is 1. The Morgan fingerprint density at radius 3 is 2.62 bits per heavy atom. The van der Waals surface area contributed by atoms with Crippen LogP contribution in [-0.2, 0) is 21.2 Å². The van der Waals surface area contributed by atoms with Gasteiger partial charge in [0.05, 0.1) is 14.8 Å². The number of unbranched alkanes of at least 4 members (excludes halogenated alkanes) is 1. The van der Waals surface area contributed by atoms with Crippen molar-refractivity contribution in [2.24, 2.45) is 5.92 Å². The van der Waals surface area contributed by atoms with E-state index in [1.165, 1.54) is 16.4 Å². The molecule has 1 aliphatic heterocycles. The van der Waals surface area contributed by atoms with Crippen molar-refractivity contribution >= 4 is 33.0 Å². The molecule has 0 unspecified atom stereocenters. The van der Waals surface area contributed by atoms with Gasteiger partial charge in [0.1, 0.15) is 0 Å². The lowest BCUT2D eigenvalue weighted by molar-refractivity contribution is -0.385. The van der Waals surface area contributed by atoms with E-state index >= 15 is 0 Å². The van der Waals surface area contributed by atoms with Gasteiger partial charge in [0.2, 0.25) is 15.9 Å². The van der Waals surface area contributed by atoms with Gasteiger partial charge in [0.15, 0.2) is 0 Å². The summed E-state index contributed by atoms with van der Waals surface area (Å²) in [7, 11) is -3.85. The summed E-state index contributed by atoms with van der Waals surface area (Å²) in [5.74, 6) is -0.270. The van der Waals surface area contributed by atoms with Crippen molar-refractivity contribution in [1.82, 2.24) is 14.6 Å². The number of piperidine rings is 1. The van der Waals surface area contributed by atoms with E-state index in [9.17, 15) is 23.3 Å². The van der Waals surface area contributed by atoms with Gasteiger partial charge in [0, 0.05) is 48.8 Å². The summed E-state index contributed by atoms with van der Waals surface area (Å²) < 4.78 is 27.4. The Bertz CT molecular complexity index is 1080. The average Bonchev–Trinajstić information content (AvgIpc) is 3.18. The molecule has 1 aliphatic rings. The highest BCUT2D eigenvalue weighted by Gasteiger charge is 2.33. The number of nitrogens with one attached hydrogen (secondary N) is 1. The first-order valence-corrected chi connectivity index (χ1v) is 12.9. The molecule has 0 saturated carbocycles. The predicted octanol–water partition coefficient (Wildman–Crippen LogP) is 3.21. The number of nitrogens with zero attached hydrogens (tertiary/aromatic N) is 3. The number of hydrogen-bond donors (Lipinski definition) is 1. The van der Waals surface area contributed by atoms with Crippen LogP contribution in [-0.4, -0.2) is 48.2 Å². The Hall–Kier alpha value is -2.37. The molecule has 11 heteroatoms. The van der Waals surface area contributed by atoms with Gasteiger partial charge < -0.3 is 5.32 Å². The number of carbonyl (C=O) groups excluding carboxylic acids is 1. The van der Waals surface area contributed by atoms with Gasteiger partial charge in [-0.3, -0.25) is 14.9 Å². The Morgan fingerprint density at radius 1 is 1.28 bits per heavy atom. The average molecular weight is 481 g/mol. The third-order valence-corrected chi connectivity index (χ3v) is 8.68. The van der Waals surface area contributed by atoms with E-state index in [0.717, 1.165) is 36.0 Å². The van der Waals surface area contributed by atoms with Gasteiger partial charge in [-0.15, -0.1) is 11.3 Å². The van der Waals surface area contributed by atoms with Crippen LogP contribution in [0.2, 0.25) is 0 Å². The van der Waals surface area contributed by atoms with Gasteiger partial charge in [-0.1, -0.05) is 6.07 Å². The molecule has 0 spiro atoms. The van der Waals surface area contributed by atoms with E-state index in [1.807, 2.05) is 12.3 Å². The number of aryl methyl sites for hydroxylation is 3. The second-order valence-corrected chi connectivity index (χ2v) is 10.9. The Morgan fingerprint density at radius 2 is 2.00 bits per heavy atom. The van der Waals surface area contributed by atoms with Crippen molar-refractivity contribution in [3.05, 3.63) is 50.0 Å². The topological polar surface area (TPSA) is 123 Å². The molecule has 3 rings (SSSR count). The standard InChI is InChI=1S/C21H28N4O5S2/c1-15-6-7-18(25(27)28)13-19(15)32(29,30)24-11-8-17(9-12-24)21(26)22-10-4-3-5-20-23-16(2)14-31-20/h6-7,13-14,17H,3-5,8-12H2,1-2H3,(H,22,26). The van der Waals surface area contributed by atoms with E-state index < -0.39 is 14.9 Å². The maximum atomic E-state index is 13.0. The van der Waals surface area contributed by atoms with E-state index in [1.54, 1.807) is 18.3 Å². The molecule has 1 N–H and O–H groups in total. The summed E-state index contributed by atoms with van der Waals surface area (Å²) in [4.78, 5) is 27.3. The normalized spacial score (nSPS) is 15.6. The number of benzene rings is 1. The first-order chi connectivity index (χ1) is 15.2. The zero-order valence-electron chi connectivity index (χ0n) is 18.2. The maximum Gasteiger partial charge on any atom is 0.270 e. The maximum absolute atomic E-state index is 13.0. The van der Waals surface area contributed by atoms with Crippen LogP contribution in [0.4, 0.5) is 5.69 Å². The van der Waals surface area contributed by atoms with Crippen LogP contribution in [0.15, 0.2) is 28.5 Å². The Balaban J connectivity index is 1.47. The quantitative estimate of drug-likeness (QED) is 0.334. The second kappa shape index (κ2) is 10.5. The molecule has 174 valence electrons. The molecule has 32 heavy (non-hydrogen) atoms. The lowest BCUT2D eigenvalue weighted by atomic mass is 9.97. The van der Waals surface area contributed by atoms with Crippen LogP contribution in [0.1, 0.15) is 41.9 Å². The second-order valence-electron chi connectivity index (χ2n) is 8.02. The Labute approximate surface area is 192 Å². The lowest BCUT2D eigenvalue weighted by Gasteiger charge is -2.30. The minimum atomic E-state index is -3.85. The number of thiazole rings is 1. The first-order valence-electron chi connectivity index (χ1n) is 10.6. The molecule has 0 atom stereocenters. The van der Waals surface area contributed by atoms with Crippen LogP contribution in [0.3, 0.4) is 0 Å². The van der Waals surface area contributed by atoms with Crippen LogP contribution in [0.25, 0.3) is 0 Å². The van der Waals surface area contributed by atoms with Gasteiger partial charge in [0.25, 0.3) is 5.69 Å². The van der Waals surface area contributed by atoms with Gasteiger partial charge in [-0.05, 0) is 51.5 Å². The summed E-state index contributed by atoms with van der Waals surface area (Å²) >= 11 is 1.65. The van der Waals surface area contributed by atoms with Crippen molar-refractivity contribution in [3.63, 3.8) is 0 Å². The molecule has 2 heterocycles. The summed E-state index contributed by atoms with van der Waals surface area (Å²) in [5.41, 5.74) is 1.24. The van der Waals surface area contributed by atoms with Crippen LogP contribution < -0.4 is 5.32 Å². The van der Waals surface area contributed by atoms with Crippen molar-refractivity contribution in [1.29, 1.82) is 0 Å². The third kappa shape index (κ3) is 5.90. The third-order valence-electron chi connectivity index (χ3n) is 5.61. The highest BCUT2D eigenvalue weighted by molar-refractivity contribution is 7.89. The highest BCUT2D eigenvalue weighted by Crippen LogP contribution is 2.28. The van der Waals surface area contributed by atoms with Crippen molar-refractivity contribution < 1.29 is 18.1 Å². The van der Waals surface area contributed by atoms with Crippen LogP contribution >= 0.6 is 11.3 Å². The molecule has 1 aromatic heterocycles. The van der Waals surface area contributed by atoms with Gasteiger partial charge >= 0.3 is 0 Å². The number of rotatable bonds is 9. The van der Waals surface area contributed by atoms with E-state index in [-0.39, 0.29) is 35.5 Å². The fourth-order valence-corrected chi connectivity index (χ4v) is 6.28. The fourth-order valence-electron chi connectivity index (χ4n) is 3.75. The molecule has 1 saturated heterocycles. The molecular formula is C21H28N4O5S2. The molecule has 2 aromatic rings. The molecule has 0 aliphatic carbocycles. The Kier molecular flexibility index (Phi) is 7.96. The van der Waals surface area contributed by atoms with Gasteiger partial charge in [-0.25, -0.2) is 13.4 Å². The van der Waals surface area contributed by atoms with Crippen LogP contribution in [0, 0.1) is 29.9 Å². The minimum absolute atomic E-state index is 0.0429. The van der Waals surface area contributed by atoms with E-state index in [4.69, 9.17) is 0 Å². The molecule has 9 nitrogen and oxygen atoms in total. The number of aromatic nitrogens is 1. The minimum Gasteiger partial charge on any atom is -0.356 e. The number of nitro benzene ring substituents is 1. The molecule has 1 amide bonds. The van der Waals surface area contributed by atoms with Crippen LogP contribution in [0.5, 0.6) is 0 Å². The van der Waals surface area contributed by atoms with Crippen molar-refractivity contribution in [2.45, 2.75) is 50.8 Å². The monoisotopic (exact) mass is 480 g/mol. The van der Waals surface area contributed by atoms with Gasteiger partial charge in [-0.2, -0.15) is 4.31 Å². The first kappa shape index (κ1) is 24.3. The van der Waals surface area contributed by atoms with Crippen molar-refractivity contribution in [2.75, 3.05) is 19.6 Å². The lowest BCUT2D eigenvalue weighted by Crippen LogP contribution is -2.43. The predicted molar refractivity (Wildman–Crippen MR) is 122 cm³/mol. The zero-order chi connectivity index (χ0) is 23.3. The number of carbonyl (C=O) groups is 1. The summed E-state index contributed by atoms with van der Waals surface area (Å²) in [5, 5.41) is 17.1. The SMILES string of the molecule is Cc1csc(CCCCNC(=O)C2CCN(S(=O)(=O)c3cc([N+](=O)[O-])ccc3C)CC2)n1. The molecular weight excluding hydrogens is 452 g/mol. The molecule has 0 radical (unpaired) electrons. The number of hydrogen-bond acceptors (Lipinski definition) is 7. The fraction of sp³-hybridized carbons (Fsp3) is 0.524. The highest BCUT2D eigenvalue weighted by atomic mass is 32.2. The largest absolute Gasteiger partial charge is 0.356 e. The number of nitro groups is 1. The summed E-state index contributed by atoms with van der Waals surface area (Å²) in [6.45, 7) is 4.61. The number of sulfonamides is 1. The molecule has 1 fully saturated rings. The van der Waals surface area contributed by atoms with Crippen molar-refractivity contribution in [3.8, 4) is 0 Å². The molecule has 0 bridgehead atoms. The zero-order valence-corrected chi connectivity index (χ0v) is 19.9. The summed E-state index contributed by atoms with van der Waals surface area (Å²) in [6, 6.07) is 3.85. The smallest absolute Gasteiger partial charge is 0.270 e.